The van der Waals surface area contributed by atoms with Gasteiger partial charge in [-0.2, -0.15) is 0 Å². The first-order chi connectivity index (χ1) is 11.4. The lowest BCUT2D eigenvalue weighted by Gasteiger charge is -2.08. The summed E-state index contributed by atoms with van der Waals surface area (Å²) in [7, 11) is -1.85. The molecular formula is C16H18ClN3O3S. The van der Waals surface area contributed by atoms with E-state index in [1.807, 2.05) is 0 Å². The van der Waals surface area contributed by atoms with Crippen molar-refractivity contribution in [1.82, 2.24) is 0 Å². The van der Waals surface area contributed by atoms with Crippen molar-refractivity contribution in [2.24, 2.45) is 10.7 Å². The van der Waals surface area contributed by atoms with Crippen LogP contribution in [0.5, 0.6) is 5.75 Å². The molecule has 0 saturated heterocycles. The van der Waals surface area contributed by atoms with E-state index in [4.69, 9.17) is 22.1 Å². The number of nitrogens with two attached hydrogens (primary N) is 1. The van der Waals surface area contributed by atoms with Gasteiger partial charge in [-0.1, -0.05) is 29.8 Å². The molecule has 0 spiro atoms. The van der Waals surface area contributed by atoms with Gasteiger partial charge in [0.05, 0.1) is 29.3 Å². The average Bonchev–Trinajstić information content (AvgIpc) is 2.55. The lowest BCUT2D eigenvalue weighted by molar-refractivity contribution is 0.415. The number of guanidine groups is 1. The standard InChI is InChI=1S/C16H18ClN3O3S/c1-23-15-8-7-12(11-14(15)17)20-16(18)19-9-10-24(21,22)13-5-3-2-4-6-13/h2-8,11H,9-10H2,1H3,(H3,18,19,20). The van der Waals surface area contributed by atoms with Crippen molar-refractivity contribution in [3.05, 3.63) is 53.6 Å². The van der Waals surface area contributed by atoms with Gasteiger partial charge in [0.15, 0.2) is 15.8 Å². The van der Waals surface area contributed by atoms with Crippen LogP contribution in [0.15, 0.2) is 58.4 Å². The second-order valence-corrected chi connectivity index (χ2v) is 7.39. The number of anilines is 1. The normalized spacial score (nSPS) is 12.0. The Balaban J connectivity index is 1.96. The second-order valence-electron chi connectivity index (χ2n) is 4.87. The zero-order valence-electron chi connectivity index (χ0n) is 13.1. The molecule has 0 aliphatic rings. The van der Waals surface area contributed by atoms with Gasteiger partial charge in [-0.15, -0.1) is 0 Å². The number of nitrogens with zero attached hydrogens (tertiary/aromatic N) is 1. The van der Waals surface area contributed by atoms with Crippen molar-refractivity contribution in [2.45, 2.75) is 4.90 Å². The van der Waals surface area contributed by atoms with Crippen molar-refractivity contribution in [3.63, 3.8) is 0 Å². The second kappa shape index (κ2) is 8.03. The molecule has 128 valence electrons. The highest BCUT2D eigenvalue weighted by Crippen LogP contribution is 2.27. The molecule has 0 bridgehead atoms. The fourth-order valence-corrected chi connectivity index (χ4v) is 3.36. The maximum Gasteiger partial charge on any atom is 0.193 e. The van der Waals surface area contributed by atoms with E-state index in [-0.39, 0.29) is 23.2 Å². The maximum absolute atomic E-state index is 12.1. The summed E-state index contributed by atoms with van der Waals surface area (Å²) in [5.41, 5.74) is 6.40. The smallest absolute Gasteiger partial charge is 0.193 e. The third-order valence-electron chi connectivity index (χ3n) is 3.17. The third-order valence-corrected chi connectivity index (χ3v) is 5.17. The van der Waals surface area contributed by atoms with Crippen molar-refractivity contribution < 1.29 is 13.2 Å². The molecule has 0 aromatic heterocycles. The predicted octanol–water partition coefficient (Wildman–Crippen LogP) is 2.55. The maximum atomic E-state index is 12.1. The predicted molar refractivity (Wildman–Crippen MR) is 96.6 cm³/mol. The van der Waals surface area contributed by atoms with Crippen LogP contribution in [0.4, 0.5) is 5.69 Å². The van der Waals surface area contributed by atoms with Crippen LogP contribution < -0.4 is 15.8 Å². The van der Waals surface area contributed by atoms with E-state index in [9.17, 15) is 8.42 Å². The Labute approximate surface area is 146 Å². The Morgan fingerprint density at radius 2 is 1.96 bits per heavy atom. The van der Waals surface area contributed by atoms with Crippen molar-refractivity contribution in [1.29, 1.82) is 0 Å². The number of nitrogens with one attached hydrogen (secondary N) is 1. The number of hydrogen-bond donors (Lipinski definition) is 2. The number of ether oxygens (including phenoxy) is 1. The summed E-state index contributed by atoms with van der Waals surface area (Å²) < 4.78 is 29.3. The SMILES string of the molecule is COc1ccc(NC(N)=NCCS(=O)(=O)c2ccccc2)cc1Cl. The van der Waals surface area contributed by atoms with E-state index in [1.165, 1.54) is 7.11 Å². The molecule has 2 rings (SSSR count). The summed E-state index contributed by atoms with van der Waals surface area (Å²) in [6.45, 7) is 0.0555. The molecule has 0 radical (unpaired) electrons. The average molecular weight is 368 g/mol. The first-order valence-corrected chi connectivity index (χ1v) is 9.13. The largest absolute Gasteiger partial charge is 0.495 e. The number of methoxy groups -OCH3 is 1. The number of halogens is 1. The van der Waals surface area contributed by atoms with Gasteiger partial charge in [-0.3, -0.25) is 4.99 Å². The number of rotatable bonds is 6. The van der Waals surface area contributed by atoms with E-state index < -0.39 is 9.84 Å². The van der Waals surface area contributed by atoms with E-state index in [2.05, 4.69) is 10.3 Å². The topological polar surface area (TPSA) is 93.8 Å². The number of hydrogen-bond acceptors (Lipinski definition) is 4. The van der Waals surface area contributed by atoms with E-state index >= 15 is 0 Å². The molecule has 6 nitrogen and oxygen atoms in total. The van der Waals surface area contributed by atoms with Crippen molar-refractivity contribution in [2.75, 3.05) is 24.7 Å². The van der Waals surface area contributed by atoms with Crippen LogP contribution in [-0.4, -0.2) is 33.8 Å². The van der Waals surface area contributed by atoms with Crippen LogP contribution in [0.25, 0.3) is 0 Å². The molecule has 0 amide bonds. The fourth-order valence-electron chi connectivity index (χ4n) is 1.96. The van der Waals surface area contributed by atoms with Gasteiger partial charge in [0, 0.05) is 5.69 Å². The summed E-state index contributed by atoms with van der Waals surface area (Å²) in [6.07, 6.45) is 0. The number of sulfone groups is 1. The molecule has 24 heavy (non-hydrogen) atoms. The first kappa shape index (κ1) is 18.1. The highest BCUT2D eigenvalue weighted by molar-refractivity contribution is 7.91. The monoisotopic (exact) mass is 367 g/mol. The Bertz CT molecular complexity index is 824. The third kappa shape index (κ3) is 4.87. The molecule has 0 unspecified atom stereocenters. The van der Waals surface area contributed by atoms with Gasteiger partial charge in [0.1, 0.15) is 5.75 Å². The Morgan fingerprint density at radius 1 is 1.25 bits per heavy atom. The minimum absolute atomic E-state index is 0.0555. The fraction of sp³-hybridized carbons (Fsp3) is 0.188. The molecule has 2 aromatic rings. The van der Waals surface area contributed by atoms with Crippen LogP contribution in [0.3, 0.4) is 0 Å². The van der Waals surface area contributed by atoms with Gasteiger partial charge in [-0.05, 0) is 30.3 Å². The van der Waals surface area contributed by atoms with Gasteiger partial charge in [-0.25, -0.2) is 8.42 Å². The van der Waals surface area contributed by atoms with Gasteiger partial charge in [0.25, 0.3) is 0 Å². The van der Waals surface area contributed by atoms with Crippen LogP contribution in [0, 0.1) is 0 Å². The summed E-state index contributed by atoms with van der Waals surface area (Å²) in [6, 6.07) is 13.3. The van der Waals surface area contributed by atoms with Crippen molar-refractivity contribution >= 4 is 33.1 Å². The zero-order chi connectivity index (χ0) is 17.6. The van der Waals surface area contributed by atoms with Gasteiger partial charge in [0.2, 0.25) is 0 Å². The summed E-state index contributed by atoms with van der Waals surface area (Å²) in [5, 5.41) is 3.29. The highest BCUT2D eigenvalue weighted by Gasteiger charge is 2.13. The molecule has 0 heterocycles. The highest BCUT2D eigenvalue weighted by atomic mass is 35.5. The minimum atomic E-state index is -3.37. The van der Waals surface area contributed by atoms with Crippen LogP contribution in [0.1, 0.15) is 0 Å². The molecule has 0 saturated carbocycles. The minimum Gasteiger partial charge on any atom is -0.495 e. The van der Waals surface area contributed by atoms with E-state index in [0.29, 0.717) is 16.5 Å². The summed E-state index contributed by atoms with van der Waals surface area (Å²) in [5.74, 6) is 0.536. The molecule has 0 fully saturated rings. The zero-order valence-corrected chi connectivity index (χ0v) is 14.6. The Hall–Kier alpha value is -2.25. The first-order valence-electron chi connectivity index (χ1n) is 7.10. The van der Waals surface area contributed by atoms with Crippen LogP contribution in [-0.2, 0) is 9.84 Å². The lowest BCUT2D eigenvalue weighted by atomic mass is 10.3. The molecule has 0 atom stereocenters. The molecule has 0 aliphatic heterocycles. The van der Waals surface area contributed by atoms with Crippen LogP contribution >= 0.6 is 11.6 Å². The van der Waals surface area contributed by atoms with Gasteiger partial charge < -0.3 is 15.8 Å². The van der Waals surface area contributed by atoms with E-state index in [1.54, 1.807) is 48.5 Å². The summed E-state index contributed by atoms with van der Waals surface area (Å²) >= 11 is 6.02. The molecular weight excluding hydrogens is 350 g/mol. The Kier molecular flexibility index (Phi) is 6.05. The number of benzene rings is 2. The summed E-state index contributed by atoms with van der Waals surface area (Å²) in [4.78, 5) is 4.30. The molecule has 8 heteroatoms. The molecule has 0 aliphatic carbocycles. The van der Waals surface area contributed by atoms with Gasteiger partial charge >= 0.3 is 0 Å². The van der Waals surface area contributed by atoms with Crippen LogP contribution in [0.2, 0.25) is 5.02 Å². The van der Waals surface area contributed by atoms with Crippen molar-refractivity contribution in [3.8, 4) is 5.75 Å². The number of aliphatic imine (C=N–C) groups is 1. The lowest BCUT2D eigenvalue weighted by Crippen LogP contribution is -2.24. The molecule has 2 aromatic carbocycles. The quantitative estimate of drug-likeness (QED) is 0.604. The molecule has 3 N–H and O–H groups in total. The van der Waals surface area contributed by atoms with E-state index in [0.717, 1.165) is 0 Å². The Morgan fingerprint density at radius 3 is 2.58 bits per heavy atom.